The lowest BCUT2D eigenvalue weighted by atomic mass is 10.2. The predicted molar refractivity (Wildman–Crippen MR) is 133 cm³/mol. The third-order valence-electron chi connectivity index (χ3n) is 5.84. The summed E-state index contributed by atoms with van der Waals surface area (Å²) in [5.74, 6) is -1.11. The molecule has 2 aromatic rings. The third-order valence-corrected chi connectivity index (χ3v) is 10.9. The molecule has 2 aromatic carbocycles. The van der Waals surface area contributed by atoms with Crippen LogP contribution in [0.5, 0.6) is 0 Å². The average molecular weight is 469 g/mol. The maximum atomic E-state index is 12.2. The predicted octanol–water partition coefficient (Wildman–Crippen LogP) is 4.20. The van der Waals surface area contributed by atoms with Crippen molar-refractivity contribution in [2.24, 2.45) is 0 Å². The summed E-state index contributed by atoms with van der Waals surface area (Å²) in [4.78, 5) is 12.2. The summed E-state index contributed by atoms with van der Waals surface area (Å²) in [6.07, 6.45) is 2.36. The summed E-state index contributed by atoms with van der Waals surface area (Å²) in [5, 5.41) is 2.12. The second kappa shape index (κ2) is 10.3. The van der Waals surface area contributed by atoms with Crippen molar-refractivity contribution in [3.05, 3.63) is 72.8 Å². The summed E-state index contributed by atoms with van der Waals surface area (Å²) in [6.45, 7) is 12.9. The molecule has 0 radical (unpaired) electrons. The Hall–Kier alpha value is -2.25. The lowest BCUT2D eigenvalue weighted by Crippen LogP contribution is -2.68. The van der Waals surface area contributed by atoms with E-state index >= 15 is 0 Å². The molecule has 0 aromatic heterocycles. The van der Waals surface area contributed by atoms with Crippen LogP contribution in [0.15, 0.2) is 72.8 Å². The lowest BCUT2D eigenvalue weighted by molar-refractivity contribution is -0.146. The number of carbonyl (C=O) groups is 1. The first-order valence-corrected chi connectivity index (χ1v) is 13.5. The van der Waals surface area contributed by atoms with Gasteiger partial charge in [-0.25, -0.2) is 4.79 Å². The van der Waals surface area contributed by atoms with Crippen LogP contribution in [-0.4, -0.2) is 45.5 Å². The fourth-order valence-corrected chi connectivity index (χ4v) is 9.03. The molecule has 1 aliphatic heterocycles. The molecule has 178 valence electrons. The highest BCUT2D eigenvalue weighted by molar-refractivity contribution is 6.99. The van der Waals surface area contributed by atoms with Crippen molar-refractivity contribution in [1.29, 1.82) is 0 Å². The highest BCUT2D eigenvalue weighted by Crippen LogP contribution is 2.39. The fraction of sp³-hybridized carbons (Fsp3) is 0.444. The van der Waals surface area contributed by atoms with E-state index < -0.39 is 26.2 Å². The van der Waals surface area contributed by atoms with Crippen molar-refractivity contribution in [2.45, 2.75) is 64.6 Å². The number of hydrogen-bond donors (Lipinski definition) is 0. The molecule has 0 aliphatic carbocycles. The van der Waals surface area contributed by atoms with E-state index in [1.165, 1.54) is 6.08 Å². The average Bonchev–Trinajstić information content (AvgIpc) is 3.14. The lowest BCUT2D eigenvalue weighted by Gasteiger charge is -2.45. The second-order valence-corrected chi connectivity index (χ2v) is 14.0. The van der Waals surface area contributed by atoms with Crippen LogP contribution < -0.4 is 10.4 Å². The summed E-state index contributed by atoms with van der Waals surface area (Å²) in [5.41, 5.74) is 0. The number of hydrogen-bond acceptors (Lipinski definition) is 5. The van der Waals surface area contributed by atoms with E-state index in [4.69, 9.17) is 18.6 Å². The van der Waals surface area contributed by atoms with E-state index in [0.717, 1.165) is 10.4 Å². The second-order valence-electron chi connectivity index (χ2n) is 9.72. The first kappa shape index (κ1) is 25.4. The maximum Gasteiger partial charge on any atom is 0.330 e. The zero-order valence-electron chi connectivity index (χ0n) is 20.5. The molecule has 0 saturated carbocycles. The molecule has 5 nitrogen and oxygen atoms in total. The van der Waals surface area contributed by atoms with Crippen molar-refractivity contribution < 1.29 is 23.4 Å². The Labute approximate surface area is 198 Å². The molecule has 2 atom stereocenters. The van der Waals surface area contributed by atoms with Gasteiger partial charge in [0, 0.05) is 6.08 Å². The van der Waals surface area contributed by atoms with Crippen molar-refractivity contribution >= 4 is 24.7 Å². The Kier molecular flexibility index (Phi) is 7.95. The smallest absolute Gasteiger partial charge is 0.330 e. The molecule has 1 fully saturated rings. The number of carbonyl (C=O) groups excluding carboxylic acids is 1. The van der Waals surface area contributed by atoms with Gasteiger partial charge in [-0.1, -0.05) is 81.4 Å². The van der Waals surface area contributed by atoms with Crippen molar-refractivity contribution in [3.8, 4) is 0 Å². The first-order valence-electron chi connectivity index (χ1n) is 11.5. The molecule has 33 heavy (non-hydrogen) atoms. The molecule has 0 amide bonds. The van der Waals surface area contributed by atoms with Crippen molar-refractivity contribution in [2.75, 3.05) is 13.2 Å². The molecule has 1 aliphatic rings. The standard InChI is InChI=1S/C27H36O5Si/c1-7-29-25(28)19-18-23(24-20-30-27(5,6)31-24)32-33(26(2,3)4,21-14-10-8-11-15-21)22-16-12-9-13-17-22/h8-19,23-24H,7,20H2,1-6H3/b19-18+/t23-,24-/m0/s1. The fourth-order valence-electron chi connectivity index (χ4n) is 4.38. The molecular formula is C27H36O5Si. The van der Waals surface area contributed by atoms with Crippen LogP contribution in [0.25, 0.3) is 0 Å². The van der Waals surface area contributed by atoms with Gasteiger partial charge in [0.2, 0.25) is 0 Å². The Bertz CT molecular complexity index is 894. The van der Waals surface area contributed by atoms with Crippen LogP contribution in [0, 0.1) is 0 Å². The summed E-state index contributed by atoms with van der Waals surface area (Å²) >= 11 is 0. The minimum absolute atomic E-state index is 0.208. The van der Waals surface area contributed by atoms with Gasteiger partial charge < -0.3 is 18.6 Å². The summed E-state index contributed by atoms with van der Waals surface area (Å²) < 4.78 is 24.4. The Balaban J connectivity index is 2.13. The van der Waals surface area contributed by atoms with E-state index in [9.17, 15) is 4.79 Å². The van der Waals surface area contributed by atoms with Gasteiger partial charge in [0.1, 0.15) is 6.10 Å². The van der Waals surface area contributed by atoms with E-state index in [1.807, 2.05) is 26.0 Å². The van der Waals surface area contributed by atoms with E-state index in [0.29, 0.717) is 13.2 Å². The van der Waals surface area contributed by atoms with Gasteiger partial charge in [-0.3, -0.25) is 0 Å². The topological polar surface area (TPSA) is 54.0 Å². The SMILES string of the molecule is CCOC(=O)/C=C/[C@H](O[Si](c1ccccc1)(c1ccccc1)C(C)(C)C)[C@@H]1COC(C)(C)O1. The Morgan fingerprint density at radius 3 is 2.06 bits per heavy atom. The number of benzene rings is 2. The monoisotopic (exact) mass is 468 g/mol. The normalized spacial score (nSPS) is 19.5. The number of esters is 1. The van der Waals surface area contributed by atoms with Crippen LogP contribution >= 0.6 is 0 Å². The quantitative estimate of drug-likeness (QED) is 0.330. The maximum absolute atomic E-state index is 12.2. The zero-order valence-corrected chi connectivity index (χ0v) is 21.5. The first-order chi connectivity index (χ1) is 15.6. The van der Waals surface area contributed by atoms with Crippen molar-refractivity contribution in [1.82, 2.24) is 0 Å². The van der Waals surface area contributed by atoms with Crippen LogP contribution in [-0.2, 0) is 23.4 Å². The zero-order chi connectivity index (χ0) is 24.1. The minimum atomic E-state index is -2.86. The molecule has 0 spiro atoms. The van der Waals surface area contributed by atoms with Crippen LogP contribution in [0.2, 0.25) is 5.04 Å². The summed E-state index contributed by atoms with van der Waals surface area (Å²) in [7, 11) is -2.86. The molecular weight excluding hydrogens is 432 g/mol. The van der Waals surface area contributed by atoms with E-state index in [-0.39, 0.29) is 11.1 Å². The van der Waals surface area contributed by atoms with Crippen LogP contribution in [0.3, 0.4) is 0 Å². The molecule has 3 rings (SSSR count). The van der Waals surface area contributed by atoms with Gasteiger partial charge in [-0.05, 0) is 42.3 Å². The van der Waals surface area contributed by atoms with Crippen LogP contribution in [0.4, 0.5) is 0 Å². The van der Waals surface area contributed by atoms with Gasteiger partial charge in [0.15, 0.2) is 5.79 Å². The molecule has 1 heterocycles. The third kappa shape index (κ3) is 5.82. The van der Waals surface area contributed by atoms with Crippen LogP contribution in [0.1, 0.15) is 41.5 Å². The molecule has 0 bridgehead atoms. The minimum Gasteiger partial charge on any atom is -0.463 e. The number of rotatable bonds is 8. The highest BCUT2D eigenvalue weighted by atomic mass is 28.4. The van der Waals surface area contributed by atoms with Gasteiger partial charge in [0.25, 0.3) is 8.32 Å². The van der Waals surface area contributed by atoms with Gasteiger partial charge in [0.05, 0.1) is 19.3 Å². The molecule has 6 heteroatoms. The van der Waals surface area contributed by atoms with Crippen molar-refractivity contribution in [3.63, 3.8) is 0 Å². The summed E-state index contributed by atoms with van der Waals surface area (Å²) in [6, 6.07) is 20.8. The largest absolute Gasteiger partial charge is 0.463 e. The molecule has 0 unspecified atom stereocenters. The molecule has 1 saturated heterocycles. The Morgan fingerprint density at radius 1 is 1.09 bits per heavy atom. The van der Waals surface area contributed by atoms with Gasteiger partial charge >= 0.3 is 5.97 Å². The van der Waals surface area contributed by atoms with E-state index in [1.54, 1.807) is 13.0 Å². The van der Waals surface area contributed by atoms with E-state index in [2.05, 4.69) is 69.3 Å². The molecule has 0 N–H and O–H groups in total. The van der Waals surface area contributed by atoms with Gasteiger partial charge in [-0.2, -0.15) is 0 Å². The highest BCUT2D eigenvalue weighted by Gasteiger charge is 2.53. The Morgan fingerprint density at radius 2 is 1.64 bits per heavy atom. The number of ether oxygens (including phenoxy) is 3. The van der Waals surface area contributed by atoms with Gasteiger partial charge in [-0.15, -0.1) is 0 Å².